The lowest BCUT2D eigenvalue weighted by Gasteiger charge is -2.17. The second-order valence-corrected chi connectivity index (χ2v) is 10.4. The van der Waals surface area contributed by atoms with Gasteiger partial charge in [-0.3, -0.25) is 0 Å². The zero-order chi connectivity index (χ0) is 29.5. The lowest BCUT2D eigenvalue weighted by Crippen LogP contribution is -2.68. The van der Waals surface area contributed by atoms with Crippen molar-refractivity contribution in [1.29, 1.82) is 0 Å². The monoisotopic (exact) mass is 580 g/mol. The van der Waals surface area contributed by atoms with E-state index in [-0.39, 0.29) is 0 Å². The van der Waals surface area contributed by atoms with E-state index in [1.165, 1.54) is 44.6 Å². The van der Waals surface area contributed by atoms with E-state index in [2.05, 4.69) is 131 Å². The van der Waals surface area contributed by atoms with Gasteiger partial charge in [0.15, 0.2) is 6.54 Å². The van der Waals surface area contributed by atoms with Gasteiger partial charge in [-0.05, 0) is 59.2 Å². The molecule has 0 amide bonds. The molecule has 0 atom stereocenters. The number of fused-ring (bicyclic) bond motifs is 1. The molecule has 0 bridgehead atoms. The molecule has 7 nitrogen and oxygen atoms in total. The number of methoxy groups -OCH3 is 1. The molecule has 6 rings (SSSR count). The average Bonchev–Trinajstić information content (AvgIpc) is 3.42. The second kappa shape index (κ2) is 13.0. The number of halogens is 1. The number of ether oxygens (including phenoxy) is 1. The number of aromatic nitrogens is 2. The third-order valence-corrected chi connectivity index (χ3v) is 6.99. The van der Waals surface area contributed by atoms with Crippen LogP contribution in [0.25, 0.3) is 44.5 Å². The topological polar surface area (TPSA) is 121 Å². The van der Waals surface area contributed by atoms with Crippen LogP contribution in [0.1, 0.15) is 5.56 Å². The first-order valence-electron chi connectivity index (χ1n) is 13.3. The summed E-state index contributed by atoms with van der Waals surface area (Å²) in [6, 6.07) is 42.9. The third-order valence-electron chi connectivity index (χ3n) is 6.99. The highest BCUT2D eigenvalue weighted by atomic mass is 35.7. The maximum Gasteiger partial charge on any atom is 0.213 e. The summed E-state index contributed by atoms with van der Waals surface area (Å²) in [5.74, 6) is 0.878. The Kier molecular flexibility index (Phi) is 8.97. The van der Waals surface area contributed by atoms with Gasteiger partial charge in [0.25, 0.3) is 0 Å². The van der Waals surface area contributed by atoms with Gasteiger partial charge in [0.1, 0.15) is 5.75 Å². The highest BCUT2D eigenvalue weighted by molar-refractivity contribution is 5.84. The minimum absolute atomic E-state index is 0.841. The molecule has 0 aliphatic rings. The maximum absolute atomic E-state index is 8.49. The first kappa shape index (κ1) is 29.0. The van der Waals surface area contributed by atoms with E-state index in [0.717, 1.165) is 24.2 Å². The van der Waals surface area contributed by atoms with Crippen LogP contribution in [-0.2, 0) is 13.0 Å². The molecule has 0 saturated heterocycles. The number of rotatable bonds is 7. The van der Waals surface area contributed by atoms with Crippen LogP contribution < -0.4 is 27.9 Å². The van der Waals surface area contributed by atoms with Crippen molar-refractivity contribution in [2.24, 2.45) is 0 Å². The summed E-state index contributed by atoms with van der Waals surface area (Å²) in [5.41, 5.74) is 9.67. The summed E-state index contributed by atoms with van der Waals surface area (Å²) in [5, 5.41) is 1.21. The largest absolute Gasteiger partial charge is 0.497 e. The Morgan fingerprint density at radius 3 is 1.64 bits per heavy atom. The minimum atomic E-state index is -4.94. The van der Waals surface area contributed by atoms with Gasteiger partial charge in [-0.15, -0.1) is 10.2 Å². The molecule has 2 heterocycles. The quantitative estimate of drug-likeness (QED) is 0.291. The fourth-order valence-corrected chi connectivity index (χ4v) is 5.08. The average molecular weight is 581 g/mol. The lowest BCUT2D eigenvalue weighted by molar-refractivity contribution is -2.00. The Morgan fingerprint density at radius 2 is 1.14 bits per heavy atom. The van der Waals surface area contributed by atoms with Crippen LogP contribution in [0, 0.1) is 10.2 Å². The van der Waals surface area contributed by atoms with Gasteiger partial charge in [0, 0.05) is 46.8 Å². The molecule has 0 saturated carbocycles. The van der Waals surface area contributed by atoms with Gasteiger partial charge in [0.05, 0.1) is 7.11 Å². The predicted molar refractivity (Wildman–Crippen MR) is 151 cm³/mol. The third kappa shape index (κ3) is 7.22. The van der Waals surface area contributed by atoms with Crippen molar-refractivity contribution in [3.63, 3.8) is 0 Å². The molecule has 42 heavy (non-hydrogen) atoms. The van der Waals surface area contributed by atoms with Crippen molar-refractivity contribution in [3.8, 4) is 39.4 Å². The number of nitrogens with one attached hydrogen (secondary N) is 1. The van der Waals surface area contributed by atoms with Crippen LogP contribution in [0.5, 0.6) is 5.75 Å². The number of nitrogens with zero attached hydrogens (tertiary/aromatic N) is 1. The number of aryl methyl sites for hydroxylation is 1. The van der Waals surface area contributed by atoms with Crippen LogP contribution in [0.2, 0.25) is 0 Å². The molecule has 6 aromatic rings. The summed E-state index contributed by atoms with van der Waals surface area (Å²) >= 11 is 0. The van der Waals surface area contributed by atoms with Crippen molar-refractivity contribution in [2.75, 3.05) is 7.11 Å². The number of hydrogen-bond donors (Lipinski definition) is 1. The standard InChI is InChI=1S/C34H29N2O.ClHO4/c1-37-30-17-18-32-31(23-30)28(24-35-32)19-20-36-33(26-13-7-3-8-14-26)21-29(25-11-5-2-6-12-25)22-34(36)27-15-9-4-10-16-27;2-1(3,4)5/h2-18,21-24,35H,19-20H2,1H3;(H,2,3,4,5)/q+1;/p-1. The van der Waals surface area contributed by atoms with E-state index in [9.17, 15) is 0 Å². The Balaban J connectivity index is 0.000000652. The van der Waals surface area contributed by atoms with Crippen LogP contribution in [-0.4, -0.2) is 12.1 Å². The van der Waals surface area contributed by atoms with Gasteiger partial charge < -0.3 is 9.72 Å². The van der Waals surface area contributed by atoms with Gasteiger partial charge in [-0.2, -0.15) is 4.57 Å². The zero-order valence-corrected chi connectivity index (χ0v) is 23.7. The van der Waals surface area contributed by atoms with Crippen molar-refractivity contribution in [3.05, 3.63) is 133 Å². The summed E-state index contributed by atoms with van der Waals surface area (Å²) in [7, 11) is -3.23. The molecular formula is C34H29ClN2O5. The molecule has 1 N–H and O–H groups in total. The van der Waals surface area contributed by atoms with Crippen LogP contribution >= 0.6 is 0 Å². The fourth-order valence-electron chi connectivity index (χ4n) is 5.08. The molecule has 0 unspecified atom stereocenters. The SMILES string of the molecule is COc1ccc2[nH]cc(CC[n+]3c(-c4ccccc4)cc(-c4ccccc4)cc3-c3ccccc3)c2c1.[O-][Cl+3]([O-])([O-])[O-]. The number of benzene rings is 4. The van der Waals surface area contributed by atoms with Gasteiger partial charge >= 0.3 is 0 Å². The molecule has 0 radical (unpaired) electrons. The Bertz CT molecular complexity index is 1690. The first-order chi connectivity index (χ1) is 20.3. The number of H-pyrrole nitrogens is 1. The molecule has 0 aliphatic carbocycles. The van der Waals surface area contributed by atoms with E-state index in [0.29, 0.717) is 0 Å². The highest BCUT2D eigenvalue weighted by Crippen LogP contribution is 2.30. The summed E-state index contributed by atoms with van der Waals surface area (Å²) < 4.78 is 41.9. The molecule has 2 aromatic heterocycles. The minimum Gasteiger partial charge on any atom is -0.497 e. The van der Waals surface area contributed by atoms with Crippen LogP contribution in [0.15, 0.2) is 128 Å². The number of pyridine rings is 1. The molecule has 4 aromatic carbocycles. The molecule has 0 fully saturated rings. The van der Waals surface area contributed by atoms with Crippen LogP contribution in [0.4, 0.5) is 0 Å². The number of aromatic amines is 1. The van der Waals surface area contributed by atoms with E-state index in [1.807, 2.05) is 6.07 Å². The fraction of sp³-hybridized carbons (Fsp3) is 0.0882. The van der Waals surface area contributed by atoms with Crippen molar-refractivity contribution in [2.45, 2.75) is 13.0 Å². The molecular weight excluding hydrogens is 552 g/mol. The Labute approximate surface area is 246 Å². The van der Waals surface area contributed by atoms with E-state index < -0.39 is 10.2 Å². The normalized spacial score (nSPS) is 11.2. The second-order valence-electron chi connectivity index (χ2n) is 9.62. The predicted octanol–water partition coefficient (Wildman–Crippen LogP) is 2.95. The smallest absolute Gasteiger partial charge is 0.213 e. The Hall–Kier alpha value is -4.50. The zero-order valence-electron chi connectivity index (χ0n) is 22.9. The lowest BCUT2D eigenvalue weighted by atomic mass is 9.98. The first-order valence-corrected chi connectivity index (χ1v) is 14.5. The van der Waals surface area contributed by atoms with E-state index in [4.69, 9.17) is 23.4 Å². The van der Waals surface area contributed by atoms with Gasteiger partial charge in [-0.25, -0.2) is 18.6 Å². The summed E-state index contributed by atoms with van der Waals surface area (Å²) in [4.78, 5) is 3.43. The maximum atomic E-state index is 8.49. The molecule has 8 heteroatoms. The summed E-state index contributed by atoms with van der Waals surface area (Å²) in [6.45, 7) is 0.841. The van der Waals surface area contributed by atoms with E-state index >= 15 is 0 Å². The molecule has 0 spiro atoms. The van der Waals surface area contributed by atoms with Crippen LogP contribution in [0.3, 0.4) is 0 Å². The van der Waals surface area contributed by atoms with Crippen molar-refractivity contribution < 1.29 is 38.2 Å². The highest BCUT2D eigenvalue weighted by Gasteiger charge is 2.23. The van der Waals surface area contributed by atoms with Crippen molar-refractivity contribution >= 4 is 10.9 Å². The van der Waals surface area contributed by atoms with Crippen molar-refractivity contribution in [1.82, 2.24) is 4.98 Å². The number of hydrogen-bond acceptors (Lipinski definition) is 5. The molecule has 212 valence electrons. The Morgan fingerprint density at radius 1 is 0.643 bits per heavy atom. The van der Waals surface area contributed by atoms with Gasteiger partial charge in [0.2, 0.25) is 11.4 Å². The summed E-state index contributed by atoms with van der Waals surface area (Å²) in [6.07, 6.45) is 3.02. The molecule has 0 aliphatic heterocycles. The van der Waals surface area contributed by atoms with Gasteiger partial charge in [-0.1, -0.05) is 66.7 Å². The van der Waals surface area contributed by atoms with E-state index in [1.54, 1.807) is 7.11 Å².